The van der Waals surface area contributed by atoms with Gasteiger partial charge >= 0.3 is 0 Å². The summed E-state index contributed by atoms with van der Waals surface area (Å²) in [6, 6.07) is 6.25. The van der Waals surface area contributed by atoms with Gasteiger partial charge in [0.1, 0.15) is 5.82 Å². The van der Waals surface area contributed by atoms with Crippen LogP contribution in [0.15, 0.2) is 24.3 Å². The minimum Gasteiger partial charge on any atom is -0.375 e. The molecule has 2 unspecified atom stereocenters. The molecule has 0 N–H and O–H groups in total. The molecule has 1 saturated heterocycles. The molecule has 1 amide bonds. The lowest BCUT2D eigenvalue weighted by molar-refractivity contribution is -0.140. The first-order valence-electron chi connectivity index (χ1n) is 7.15. The van der Waals surface area contributed by atoms with E-state index in [1.165, 1.54) is 12.1 Å². The smallest absolute Gasteiger partial charge is 0.230 e. The van der Waals surface area contributed by atoms with Crippen LogP contribution in [0.1, 0.15) is 32.3 Å². The van der Waals surface area contributed by atoms with Crippen molar-refractivity contribution >= 4 is 5.91 Å². The van der Waals surface area contributed by atoms with Crippen LogP contribution in [0.4, 0.5) is 4.39 Å². The van der Waals surface area contributed by atoms with Crippen molar-refractivity contribution in [2.75, 3.05) is 19.7 Å². The fourth-order valence-electron chi connectivity index (χ4n) is 2.70. The summed E-state index contributed by atoms with van der Waals surface area (Å²) in [6.45, 7) is 7.87. The number of nitrogens with zero attached hydrogens (tertiary/aromatic N) is 1. The predicted molar refractivity (Wildman–Crippen MR) is 76.0 cm³/mol. The van der Waals surface area contributed by atoms with Gasteiger partial charge in [-0.1, -0.05) is 26.0 Å². The molecule has 1 heterocycles. The second-order valence-electron chi connectivity index (χ2n) is 5.74. The standard InChI is InChI=1S/C16H22FNO2/c1-11(2)15(13-4-6-14(17)7-5-13)16(19)18-8-9-20-12(3)10-18/h4-7,11-12,15H,8-10H2,1-3H3. The zero-order valence-corrected chi connectivity index (χ0v) is 12.3. The van der Waals surface area contributed by atoms with Gasteiger partial charge in [0.15, 0.2) is 0 Å². The lowest BCUT2D eigenvalue weighted by atomic mass is 9.87. The fourth-order valence-corrected chi connectivity index (χ4v) is 2.70. The normalized spacial score (nSPS) is 21.1. The van der Waals surface area contributed by atoms with Gasteiger partial charge in [-0.05, 0) is 30.5 Å². The number of hydrogen-bond acceptors (Lipinski definition) is 2. The summed E-state index contributed by atoms with van der Waals surface area (Å²) >= 11 is 0. The molecule has 2 atom stereocenters. The first-order valence-corrected chi connectivity index (χ1v) is 7.15. The molecule has 1 aromatic carbocycles. The molecular formula is C16H22FNO2. The number of carbonyl (C=O) groups excluding carboxylic acids is 1. The lowest BCUT2D eigenvalue weighted by Gasteiger charge is -2.35. The van der Waals surface area contributed by atoms with Crippen molar-refractivity contribution in [2.45, 2.75) is 32.8 Å². The molecule has 4 heteroatoms. The Bertz CT molecular complexity index is 458. The maximum absolute atomic E-state index is 13.0. The Morgan fingerprint density at radius 3 is 2.55 bits per heavy atom. The van der Waals surface area contributed by atoms with E-state index in [1.54, 1.807) is 12.1 Å². The van der Waals surface area contributed by atoms with Crippen LogP contribution in [0.2, 0.25) is 0 Å². The van der Waals surface area contributed by atoms with Crippen molar-refractivity contribution in [3.05, 3.63) is 35.6 Å². The highest BCUT2D eigenvalue weighted by Gasteiger charge is 2.31. The van der Waals surface area contributed by atoms with Crippen molar-refractivity contribution in [3.63, 3.8) is 0 Å². The van der Waals surface area contributed by atoms with Gasteiger partial charge < -0.3 is 9.64 Å². The molecular weight excluding hydrogens is 257 g/mol. The molecule has 0 spiro atoms. The molecule has 0 aliphatic carbocycles. The van der Waals surface area contributed by atoms with Gasteiger partial charge in [0, 0.05) is 13.1 Å². The summed E-state index contributed by atoms with van der Waals surface area (Å²) < 4.78 is 18.5. The molecule has 0 radical (unpaired) electrons. The van der Waals surface area contributed by atoms with E-state index in [-0.39, 0.29) is 29.7 Å². The molecule has 1 fully saturated rings. The number of hydrogen-bond donors (Lipinski definition) is 0. The summed E-state index contributed by atoms with van der Waals surface area (Å²) in [7, 11) is 0. The molecule has 3 nitrogen and oxygen atoms in total. The monoisotopic (exact) mass is 279 g/mol. The largest absolute Gasteiger partial charge is 0.375 e. The van der Waals surface area contributed by atoms with Gasteiger partial charge in [-0.2, -0.15) is 0 Å². The summed E-state index contributed by atoms with van der Waals surface area (Å²) in [5.41, 5.74) is 0.880. The summed E-state index contributed by atoms with van der Waals surface area (Å²) in [6.07, 6.45) is 0.0775. The van der Waals surface area contributed by atoms with Crippen molar-refractivity contribution in [3.8, 4) is 0 Å². The summed E-state index contributed by atoms with van der Waals surface area (Å²) in [5.74, 6) is -0.211. The molecule has 0 aromatic heterocycles. The Morgan fingerprint density at radius 1 is 1.35 bits per heavy atom. The van der Waals surface area contributed by atoms with Crippen molar-refractivity contribution in [1.29, 1.82) is 0 Å². The van der Waals surface area contributed by atoms with E-state index in [9.17, 15) is 9.18 Å². The van der Waals surface area contributed by atoms with Gasteiger partial charge in [-0.25, -0.2) is 4.39 Å². The molecule has 1 aromatic rings. The summed E-state index contributed by atoms with van der Waals surface area (Å²) in [4.78, 5) is 14.6. The average Bonchev–Trinajstić information content (AvgIpc) is 2.41. The van der Waals surface area contributed by atoms with Crippen molar-refractivity contribution < 1.29 is 13.9 Å². The molecule has 20 heavy (non-hydrogen) atoms. The first-order chi connectivity index (χ1) is 9.49. The molecule has 0 saturated carbocycles. The molecule has 110 valence electrons. The number of carbonyl (C=O) groups is 1. The Morgan fingerprint density at radius 2 is 2.00 bits per heavy atom. The van der Waals surface area contributed by atoms with Crippen LogP contribution in [0, 0.1) is 11.7 Å². The first kappa shape index (κ1) is 15.0. The predicted octanol–water partition coefficient (Wildman–Crippen LogP) is 2.81. The Hall–Kier alpha value is -1.42. The Kier molecular flexibility index (Phi) is 4.76. The number of halogens is 1. The van der Waals surface area contributed by atoms with Gasteiger partial charge in [-0.3, -0.25) is 4.79 Å². The van der Waals surface area contributed by atoms with E-state index in [4.69, 9.17) is 4.74 Å². The quantitative estimate of drug-likeness (QED) is 0.851. The van der Waals surface area contributed by atoms with Crippen molar-refractivity contribution in [1.82, 2.24) is 4.90 Å². The zero-order valence-electron chi connectivity index (χ0n) is 12.3. The highest BCUT2D eigenvalue weighted by Crippen LogP contribution is 2.27. The summed E-state index contributed by atoms with van der Waals surface area (Å²) in [5, 5.41) is 0. The van der Waals surface area contributed by atoms with E-state index in [0.29, 0.717) is 19.7 Å². The maximum Gasteiger partial charge on any atom is 0.230 e. The molecule has 1 aliphatic heterocycles. The third-order valence-electron chi connectivity index (χ3n) is 3.71. The van der Waals surface area contributed by atoms with E-state index >= 15 is 0 Å². The van der Waals surface area contributed by atoms with E-state index < -0.39 is 0 Å². The third-order valence-corrected chi connectivity index (χ3v) is 3.71. The third kappa shape index (κ3) is 3.37. The SMILES string of the molecule is CC1CN(C(=O)C(c2ccc(F)cc2)C(C)C)CCO1. The highest BCUT2D eigenvalue weighted by molar-refractivity contribution is 5.84. The van der Waals surface area contributed by atoms with Crippen LogP contribution in [-0.4, -0.2) is 36.6 Å². The Balaban J connectivity index is 2.19. The number of morpholine rings is 1. The van der Waals surface area contributed by atoms with Crippen molar-refractivity contribution in [2.24, 2.45) is 5.92 Å². The van der Waals surface area contributed by atoms with Crippen LogP contribution < -0.4 is 0 Å². The number of amides is 1. The van der Waals surface area contributed by atoms with Crippen LogP contribution in [-0.2, 0) is 9.53 Å². The van der Waals surface area contributed by atoms with Gasteiger partial charge in [0.2, 0.25) is 5.91 Å². The van der Waals surface area contributed by atoms with E-state index in [0.717, 1.165) is 5.56 Å². The average molecular weight is 279 g/mol. The van der Waals surface area contributed by atoms with E-state index in [2.05, 4.69) is 0 Å². The van der Waals surface area contributed by atoms with Gasteiger partial charge in [0.25, 0.3) is 0 Å². The van der Waals surface area contributed by atoms with Crippen LogP contribution >= 0.6 is 0 Å². The van der Waals surface area contributed by atoms with Crippen LogP contribution in [0.5, 0.6) is 0 Å². The number of benzene rings is 1. The number of ether oxygens (including phenoxy) is 1. The minimum atomic E-state index is -0.274. The highest BCUT2D eigenvalue weighted by atomic mass is 19.1. The van der Waals surface area contributed by atoms with E-state index in [1.807, 2.05) is 25.7 Å². The topological polar surface area (TPSA) is 29.5 Å². The minimum absolute atomic E-state index is 0.0775. The zero-order chi connectivity index (χ0) is 14.7. The van der Waals surface area contributed by atoms with Gasteiger partial charge in [-0.15, -0.1) is 0 Å². The molecule has 1 aliphatic rings. The number of rotatable bonds is 3. The van der Waals surface area contributed by atoms with Crippen LogP contribution in [0.3, 0.4) is 0 Å². The maximum atomic E-state index is 13.0. The van der Waals surface area contributed by atoms with Crippen LogP contribution in [0.25, 0.3) is 0 Å². The Labute approximate surface area is 119 Å². The fraction of sp³-hybridized carbons (Fsp3) is 0.562. The molecule has 2 rings (SSSR count). The lowest BCUT2D eigenvalue weighted by Crippen LogP contribution is -2.47. The molecule has 0 bridgehead atoms. The van der Waals surface area contributed by atoms with Gasteiger partial charge in [0.05, 0.1) is 18.6 Å². The second-order valence-corrected chi connectivity index (χ2v) is 5.74. The second kappa shape index (κ2) is 6.35.